The highest BCUT2D eigenvalue weighted by Gasteiger charge is 2.19. The van der Waals surface area contributed by atoms with Crippen LogP contribution in [0.5, 0.6) is 0 Å². The first kappa shape index (κ1) is 13.7. The molecule has 0 aliphatic heterocycles. The van der Waals surface area contributed by atoms with Crippen molar-refractivity contribution >= 4 is 11.3 Å². The van der Waals surface area contributed by atoms with Gasteiger partial charge in [-0.25, -0.2) is 0 Å². The van der Waals surface area contributed by atoms with Crippen LogP contribution in [0.25, 0.3) is 0 Å². The van der Waals surface area contributed by atoms with Gasteiger partial charge >= 0.3 is 0 Å². The van der Waals surface area contributed by atoms with E-state index in [0.717, 1.165) is 19.5 Å². The lowest BCUT2D eigenvalue weighted by Crippen LogP contribution is -2.31. The molecule has 0 saturated heterocycles. The Balaban J connectivity index is 2.32. The topological polar surface area (TPSA) is 32.3 Å². The summed E-state index contributed by atoms with van der Waals surface area (Å²) in [5.41, 5.74) is 1.52. The summed E-state index contributed by atoms with van der Waals surface area (Å²) in [6, 6.07) is 2.16. The molecule has 0 bridgehead atoms. The van der Waals surface area contributed by atoms with Gasteiger partial charge in [-0.3, -0.25) is 0 Å². The van der Waals surface area contributed by atoms with E-state index in [2.05, 4.69) is 37.5 Å². The second-order valence-corrected chi connectivity index (χ2v) is 6.35. The second kappa shape index (κ2) is 5.80. The van der Waals surface area contributed by atoms with Crippen molar-refractivity contribution < 1.29 is 5.11 Å². The lowest BCUT2D eigenvalue weighted by molar-refractivity contribution is 0.128. The first-order chi connectivity index (χ1) is 7.41. The smallest absolute Gasteiger partial charge is 0.0517 e. The Hall–Kier alpha value is -0.380. The Morgan fingerprint density at radius 3 is 2.69 bits per heavy atom. The predicted molar refractivity (Wildman–Crippen MR) is 70.8 cm³/mol. The summed E-state index contributed by atoms with van der Waals surface area (Å²) in [6.45, 7) is 10.3. The Kier molecular flexibility index (Phi) is 4.96. The quantitative estimate of drug-likeness (QED) is 0.802. The predicted octanol–water partition coefficient (Wildman–Crippen LogP) is 2.94. The number of aliphatic hydroxyl groups is 1. The van der Waals surface area contributed by atoms with Gasteiger partial charge < -0.3 is 10.4 Å². The van der Waals surface area contributed by atoms with Crippen molar-refractivity contribution in [3.05, 3.63) is 21.9 Å². The van der Waals surface area contributed by atoms with Gasteiger partial charge in [-0.05, 0) is 42.7 Å². The average Bonchev–Trinajstić information content (AvgIpc) is 2.49. The molecule has 16 heavy (non-hydrogen) atoms. The normalized spacial score (nSPS) is 14.1. The lowest BCUT2D eigenvalue weighted by Gasteiger charge is -2.26. The molecule has 0 aromatic carbocycles. The zero-order valence-corrected chi connectivity index (χ0v) is 11.5. The molecular weight excluding hydrogens is 218 g/mol. The summed E-state index contributed by atoms with van der Waals surface area (Å²) in [5, 5.41) is 15.0. The van der Waals surface area contributed by atoms with Crippen molar-refractivity contribution in [2.75, 3.05) is 6.54 Å². The third-order valence-corrected chi connectivity index (χ3v) is 3.73. The van der Waals surface area contributed by atoms with Crippen LogP contribution in [0.4, 0.5) is 0 Å². The van der Waals surface area contributed by atoms with Crippen molar-refractivity contribution in [3.63, 3.8) is 0 Å². The standard InChI is InChI=1S/C13H23NOS/c1-10-5-6-16-12(10)8-14-9-13(3,4)7-11(2)15/h5-6,11,14-15H,7-9H2,1-4H3. The van der Waals surface area contributed by atoms with E-state index in [9.17, 15) is 5.11 Å². The van der Waals surface area contributed by atoms with Crippen molar-refractivity contribution in [1.29, 1.82) is 0 Å². The van der Waals surface area contributed by atoms with Gasteiger partial charge in [-0.1, -0.05) is 13.8 Å². The molecule has 1 rings (SSSR count). The minimum Gasteiger partial charge on any atom is -0.393 e. The molecule has 0 fully saturated rings. The number of rotatable bonds is 6. The van der Waals surface area contributed by atoms with Crippen LogP contribution in [0.2, 0.25) is 0 Å². The van der Waals surface area contributed by atoms with Gasteiger partial charge in [0.25, 0.3) is 0 Å². The van der Waals surface area contributed by atoms with Crippen LogP contribution in [-0.2, 0) is 6.54 Å². The number of thiophene rings is 1. The lowest BCUT2D eigenvalue weighted by atomic mass is 9.87. The molecule has 0 amide bonds. The van der Waals surface area contributed by atoms with E-state index in [0.29, 0.717) is 0 Å². The largest absolute Gasteiger partial charge is 0.393 e. The molecule has 1 atom stereocenters. The maximum absolute atomic E-state index is 9.39. The highest BCUT2D eigenvalue weighted by atomic mass is 32.1. The zero-order chi connectivity index (χ0) is 12.2. The van der Waals surface area contributed by atoms with Gasteiger partial charge in [0.05, 0.1) is 6.10 Å². The monoisotopic (exact) mass is 241 g/mol. The van der Waals surface area contributed by atoms with Crippen LogP contribution < -0.4 is 5.32 Å². The van der Waals surface area contributed by atoms with E-state index in [1.165, 1.54) is 10.4 Å². The highest BCUT2D eigenvalue weighted by molar-refractivity contribution is 7.10. The third kappa shape index (κ3) is 4.64. The summed E-state index contributed by atoms with van der Waals surface area (Å²) in [5.74, 6) is 0. The number of hydrogen-bond donors (Lipinski definition) is 2. The molecule has 0 aliphatic carbocycles. The Morgan fingerprint density at radius 1 is 1.50 bits per heavy atom. The summed E-state index contributed by atoms with van der Waals surface area (Å²) in [6.07, 6.45) is 0.615. The van der Waals surface area contributed by atoms with Gasteiger partial charge in [-0.2, -0.15) is 0 Å². The maximum Gasteiger partial charge on any atom is 0.0517 e. The first-order valence-corrected chi connectivity index (χ1v) is 6.70. The fraction of sp³-hybridized carbons (Fsp3) is 0.692. The summed E-state index contributed by atoms with van der Waals surface area (Å²) >= 11 is 1.80. The first-order valence-electron chi connectivity index (χ1n) is 5.82. The average molecular weight is 241 g/mol. The molecule has 0 spiro atoms. The summed E-state index contributed by atoms with van der Waals surface area (Å²) in [4.78, 5) is 1.41. The molecule has 1 heterocycles. The summed E-state index contributed by atoms with van der Waals surface area (Å²) in [7, 11) is 0. The van der Waals surface area contributed by atoms with Crippen LogP contribution in [0.1, 0.15) is 37.6 Å². The molecule has 2 N–H and O–H groups in total. The van der Waals surface area contributed by atoms with E-state index in [1.807, 2.05) is 6.92 Å². The SMILES string of the molecule is Cc1ccsc1CNCC(C)(C)CC(C)O. The molecular formula is C13H23NOS. The van der Waals surface area contributed by atoms with E-state index < -0.39 is 0 Å². The van der Waals surface area contributed by atoms with Crippen LogP contribution in [0.3, 0.4) is 0 Å². The molecule has 1 aromatic rings. The Morgan fingerprint density at radius 2 is 2.19 bits per heavy atom. The van der Waals surface area contributed by atoms with E-state index in [4.69, 9.17) is 0 Å². The van der Waals surface area contributed by atoms with Crippen LogP contribution in [0.15, 0.2) is 11.4 Å². The Bertz CT molecular complexity index is 317. The third-order valence-electron chi connectivity index (χ3n) is 2.71. The van der Waals surface area contributed by atoms with Crippen LogP contribution >= 0.6 is 11.3 Å². The van der Waals surface area contributed by atoms with Crippen molar-refractivity contribution in [2.45, 2.75) is 46.8 Å². The molecule has 92 valence electrons. The second-order valence-electron chi connectivity index (χ2n) is 5.35. The minimum absolute atomic E-state index is 0.152. The fourth-order valence-corrected chi connectivity index (χ4v) is 2.85. The molecule has 0 radical (unpaired) electrons. The highest BCUT2D eigenvalue weighted by Crippen LogP contribution is 2.22. The molecule has 2 nitrogen and oxygen atoms in total. The zero-order valence-electron chi connectivity index (χ0n) is 10.7. The van der Waals surface area contributed by atoms with Gasteiger partial charge in [0, 0.05) is 18.0 Å². The number of hydrogen-bond acceptors (Lipinski definition) is 3. The van der Waals surface area contributed by atoms with Gasteiger partial charge in [-0.15, -0.1) is 11.3 Å². The van der Waals surface area contributed by atoms with E-state index in [-0.39, 0.29) is 11.5 Å². The van der Waals surface area contributed by atoms with E-state index >= 15 is 0 Å². The molecule has 1 unspecified atom stereocenters. The summed E-state index contributed by atoms with van der Waals surface area (Å²) < 4.78 is 0. The van der Waals surface area contributed by atoms with E-state index in [1.54, 1.807) is 11.3 Å². The van der Waals surface area contributed by atoms with Gasteiger partial charge in [0.15, 0.2) is 0 Å². The van der Waals surface area contributed by atoms with Crippen LogP contribution in [-0.4, -0.2) is 17.8 Å². The number of aryl methyl sites for hydroxylation is 1. The molecule has 0 saturated carbocycles. The van der Waals surface area contributed by atoms with Gasteiger partial charge in [0.1, 0.15) is 0 Å². The Labute approximate surface area is 103 Å². The van der Waals surface area contributed by atoms with Crippen molar-refractivity contribution in [1.82, 2.24) is 5.32 Å². The fourth-order valence-electron chi connectivity index (χ4n) is 1.97. The maximum atomic E-state index is 9.39. The molecule has 1 aromatic heterocycles. The van der Waals surface area contributed by atoms with Crippen LogP contribution in [0, 0.1) is 12.3 Å². The van der Waals surface area contributed by atoms with Crippen molar-refractivity contribution in [2.24, 2.45) is 5.41 Å². The van der Waals surface area contributed by atoms with Gasteiger partial charge in [0.2, 0.25) is 0 Å². The minimum atomic E-state index is -0.222. The molecule has 3 heteroatoms. The number of aliphatic hydroxyl groups excluding tert-OH is 1. The number of nitrogens with one attached hydrogen (secondary N) is 1. The van der Waals surface area contributed by atoms with Crippen molar-refractivity contribution in [3.8, 4) is 0 Å². The molecule has 0 aliphatic rings.